The van der Waals surface area contributed by atoms with Gasteiger partial charge in [-0.05, 0) is 46.2 Å². The van der Waals surface area contributed by atoms with E-state index in [9.17, 15) is 22.8 Å². The van der Waals surface area contributed by atoms with Crippen molar-refractivity contribution in [1.82, 2.24) is 15.4 Å². The van der Waals surface area contributed by atoms with E-state index in [0.29, 0.717) is 5.56 Å². The molecule has 0 aliphatic heterocycles. The maximum absolute atomic E-state index is 12.3. The molecule has 0 fully saturated rings. The van der Waals surface area contributed by atoms with E-state index in [0.717, 1.165) is 5.56 Å². The van der Waals surface area contributed by atoms with Crippen molar-refractivity contribution in [2.75, 3.05) is 13.2 Å². The third kappa shape index (κ3) is 8.49. The van der Waals surface area contributed by atoms with E-state index in [1.54, 1.807) is 39.8 Å². The van der Waals surface area contributed by atoms with Gasteiger partial charge in [-0.15, -0.1) is 0 Å². The maximum atomic E-state index is 12.3. The monoisotopic (exact) mass is 413 g/mol. The predicted octanol–water partition coefficient (Wildman–Crippen LogP) is 1.14. The van der Waals surface area contributed by atoms with Crippen LogP contribution in [0.2, 0.25) is 0 Å². The molecular weight excluding hydrogens is 386 g/mol. The topological polar surface area (TPSA) is 131 Å². The predicted molar refractivity (Wildman–Crippen MR) is 103 cm³/mol. The molecule has 0 saturated heterocycles. The van der Waals surface area contributed by atoms with Gasteiger partial charge in [0.05, 0.1) is 11.3 Å². The van der Waals surface area contributed by atoms with E-state index in [4.69, 9.17) is 4.74 Å². The number of benzene rings is 1. The molecule has 0 aliphatic rings. The van der Waals surface area contributed by atoms with Gasteiger partial charge >= 0.3 is 12.0 Å². The Labute approximate surface area is 165 Å². The number of sulfonamides is 1. The molecular formula is C18H27N3O6S. The van der Waals surface area contributed by atoms with Crippen LogP contribution in [-0.4, -0.2) is 45.0 Å². The Morgan fingerprint density at radius 3 is 2.32 bits per heavy atom. The average Bonchev–Trinajstić information content (AvgIpc) is 2.50. The number of esters is 1. The molecule has 9 nitrogen and oxygen atoms in total. The zero-order chi connectivity index (χ0) is 21.5. The number of carbonyl (C=O) groups excluding carboxylic acids is 3. The van der Waals surface area contributed by atoms with Crippen LogP contribution in [-0.2, 0) is 24.3 Å². The summed E-state index contributed by atoms with van der Waals surface area (Å²) in [5.74, 6) is -1.55. The van der Waals surface area contributed by atoms with E-state index in [-0.39, 0.29) is 17.9 Å². The third-order valence-corrected chi connectivity index (χ3v) is 4.97. The van der Waals surface area contributed by atoms with E-state index < -0.39 is 40.1 Å². The van der Waals surface area contributed by atoms with Gasteiger partial charge in [-0.25, -0.2) is 17.9 Å². The number of nitrogens with one attached hydrogen (secondary N) is 3. The van der Waals surface area contributed by atoms with Crippen LogP contribution >= 0.6 is 0 Å². The second-order valence-electron chi connectivity index (χ2n) is 7.33. The van der Waals surface area contributed by atoms with Gasteiger partial charge in [-0.3, -0.25) is 14.9 Å². The van der Waals surface area contributed by atoms with E-state index in [1.165, 1.54) is 6.07 Å². The lowest BCUT2D eigenvalue weighted by Crippen LogP contribution is -2.49. The van der Waals surface area contributed by atoms with E-state index >= 15 is 0 Å². The van der Waals surface area contributed by atoms with Crippen LogP contribution in [0.15, 0.2) is 23.1 Å². The van der Waals surface area contributed by atoms with Gasteiger partial charge in [-0.1, -0.05) is 17.7 Å². The smallest absolute Gasteiger partial charge is 0.321 e. The summed E-state index contributed by atoms with van der Waals surface area (Å²) in [5.41, 5.74) is 1.02. The van der Waals surface area contributed by atoms with Gasteiger partial charge in [0.15, 0.2) is 6.61 Å². The van der Waals surface area contributed by atoms with Crippen LogP contribution < -0.4 is 15.4 Å². The minimum atomic E-state index is -3.76. The van der Waals surface area contributed by atoms with Crippen LogP contribution in [0.25, 0.3) is 0 Å². The van der Waals surface area contributed by atoms with Crippen molar-refractivity contribution in [2.24, 2.45) is 0 Å². The first kappa shape index (κ1) is 23.6. The fourth-order valence-electron chi connectivity index (χ4n) is 2.22. The molecule has 28 heavy (non-hydrogen) atoms. The molecule has 3 N–H and O–H groups in total. The van der Waals surface area contributed by atoms with E-state index in [1.807, 2.05) is 12.2 Å². The summed E-state index contributed by atoms with van der Waals surface area (Å²) in [6, 6.07) is 4.23. The molecule has 3 amide bonds. The molecule has 0 unspecified atom stereocenters. The summed E-state index contributed by atoms with van der Waals surface area (Å²) in [7, 11) is -3.76. The molecule has 0 atom stereocenters. The Morgan fingerprint density at radius 1 is 1.11 bits per heavy atom. The zero-order valence-corrected chi connectivity index (χ0v) is 17.5. The molecule has 1 aromatic carbocycles. The van der Waals surface area contributed by atoms with Crippen molar-refractivity contribution >= 4 is 27.9 Å². The minimum Gasteiger partial charge on any atom is -0.456 e. The Balaban J connectivity index is 2.40. The van der Waals surface area contributed by atoms with Crippen LogP contribution in [0.3, 0.4) is 0 Å². The molecule has 156 valence electrons. The quantitative estimate of drug-likeness (QED) is 0.575. The Kier molecular flexibility index (Phi) is 8.13. The second kappa shape index (κ2) is 9.65. The van der Waals surface area contributed by atoms with E-state index in [2.05, 4.69) is 10.0 Å². The molecule has 0 aliphatic carbocycles. The number of imide groups is 1. The largest absolute Gasteiger partial charge is 0.456 e. The first-order valence-electron chi connectivity index (χ1n) is 8.65. The highest BCUT2D eigenvalue weighted by Crippen LogP contribution is 2.16. The van der Waals surface area contributed by atoms with Crippen molar-refractivity contribution in [3.63, 3.8) is 0 Å². The average molecular weight is 413 g/mol. The number of hydrogen-bond acceptors (Lipinski definition) is 6. The Bertz CT molecular complexity index is 843. The van der Waals surface area contributed by atoms with Gasteiger partial charge in [0.2, 0.25) is 10.0 Å². The lowest BCUT2D eigenvalue weighted by atomic mass is 10.1. The molecule has 0 heterocycles. The second-order valence-corrected chi connectivity index (χ2v) is 9.07. The number of urea groups is 1. The fourth-order valence-corrected chi connectivity index (χ4v) is 3.48. The molecule has 0 spiro atoms. The Hall–Kier alpha value is -2.46. The number of ether oxygens (including phenoxy) is 1. The summed E-state index contributed by atoms with van der Waals surface area (Å²) in [6.07, 6.45) is -0.258. The molecule has 10 heteroatoms. The molecule has 1 rings (SSSR count). The van der Waals surface area contributed by atoms with Crippen LogP contribution in [0.4, 0.5) is 4.79 Å². The van der Waals surface area contributed by atoms with Gasteiger partial charge in [0.25, 0.3) is 5.91 Å². The molecule has 0 bridgehead atoms. The highest BCUT2D eigenvalue weighted by Gasteiger charge is 2.18. The number of aryl methyl sites for hydroxylation is 2. The van der Waals surface area contributed by atoms with Gasteiger partial charge < -0.3 is 10.1 Å². The van der Waals surface area contributed by atoms with Gasteiger partial charge in [0.1, 0.15) is 0 Å². The number of rotatable bonds is 7. The first-order chi connectivity index (χ1) is 12.8. The number of hydrogen-bond donors (Lipinski definition) is 3. The third-order valence-electron chi connectivity index (χ3n) is 3.35. The summed E-state index contributed by atoms with van der Waals surface area (Å²) >= 11 is 0. The minimum absolute atomic E-state index is 0.135. The lowest BCUT2D eigenvalue weighted by molar-refractivity contribution is -0.148. The molecule has 0 saturated carbocycles. The van der Waals surface area contributed by atoms with Gasteiger partial charge in [0, 0.05) is 12.1 Å². The Morgan fingerprint density at radius 2 is 1.75 bits per heavy atom. The molecule has 0 aromatic heterocycles. The zero-order valence-electron chi connectivity index (χ0n) is 16.7. The highest BCUT2D eigenvalue weighted by molar-refractivity contribution is 7.89. The maximum Gasteiger partial charge on any atom is 0.321 e. The van der Waals surface area contributed by atoms with Crippen LogP contribution in [0.1, 0.15) is 38.3 Å². The van der Waals surface area contributed by atoms with Crippen LogP contribution in [0.5, 0.6) is 0 Å². The van der Waals surface area contributed by atoms with Crippen LogP contribution in [0, 0.1) is 13.8 Å². The summed E-state index contributed by atoms with van der Waals surface area (Å²) in [4.78, 5) is 34.9. The van der Waals surface area contributed by atoms with Crippen molar-refractivity contribution in [3.05, 3.63) is 29.3 Å². The van der Waals surface area contributed by atoms with Gasteiger partial charge in [-0.2, -0.15) is 0 Å². The summed E-state index contributed by atoms with van der Waals surface area (Å²) in [6.45, 7) is 7.96. The van der Waals surface area contributed by atoms with Crippen molar-refractivity contribution in [2.45, 2.75) is 51.5 Å². The summed E-state index contributed by atoms with van der Waals surface area (Å²) in [5, 5.41) is 4.55. The number of carbonyl (C=O) groups is 3. The van der Waals surface area contributed by atoms with Crippen molar-refractivity contribution < 1.29 is 27.5 Å². The van der Waals surface area contributed by atoms with Crippen molar-refractivity contribution in [1.29, 1.82) is 0 Å². The SMILES string of the molecule is Cc1ccc(S(=O)(=O)NCCC(=O)OCC(=O)NC(=O)NC(C)(C)C)c(C)c1. The fraction of sp³-hybridized carbons (Fsp3) is 0.500. The van der Waals surface area contributed by atoms with Crippen molar-refractivity contribution in [3.8, 4) is 0 Å². The lowest BCUT2D eigenvalue weighted by Gasteiger charge is -2.20. The molecule has 0 radical (unpaired) electrons. The summed E-state index contributed by atoms with van der Waals surface area (Å²) < 4.78 is 31.6. The highest BCUT2D eigenvalue weighted by atomic mass is 32.2. The first-order valence-corrected chi connectivity index (χ1v) is 10.1. The molecule has 1 aromatic rings. The normalized spacial score (nSPS) is 11.6. The number of amides is 3. The standard InChI is InChI=1S/C18H27N3O6S/c1-12-6-7-14(13(2)10-12)28(25,26)19-9-8-16(23)27-11-15(22)20-17(24)21-18(3,4)5/h6-7,10,19H,8-9,11H2,1-5H3,(H2,20,21,22,24).